The van der Waals surface area contributed by atoms with E-state index in [1.54, 1.807) is 0 Å². The average Bonchev–Trinajstić information content (AvgIpc) is 2.97. The van der Waals surface area contributed by atoms with Crippen LogP contribution in [0.4, 0.5) is 11.4 Å². The molecule has 2 unspecified atom stereocenters. The second-order valence-electron chi connectivity index (χ2n) is 10.3. The van der Waals surface area contributed by atoms with Gasteiger partial charge in [0.15, 0.2) is 0 Å². The first-order chi connectivity index (χ1) is 18.3. The van der Waals surface area contributed by atoms with E-state index in [1.807, 2.05) is 0 Å². The molecule has 180 valence electrons. The van der Waals surface area contributed by atoms with Gasteiger partial charge < -0.3 is 4.90 Å². The summed E-state index contributed by atoms with van der Waals surface area (Å²) >= 11 is 0. The smallest absolute Gasteiger partial charge is 0.0637 e. The fourth-order valence-corrected chi connectivity index (χ4v) is 6.42. The lowest BCUT2D eigenvalue weighted by atomic mass is 9.76. The molecule has 2 aliphatic heterocycles. The summed E-state index contributed by atoms with van der Waals surface area (Å²) < 4.78 is 0. The highest BCUT2D eigenvalue weighted by Crippen LogP contribution is 2.49. The zero-order chi connectivity index (χ0) is 24.6. The molecule has 5 aromatic rings. The fourth-order valence-electron chi connectivity index (χ4n) is 6.42. The monoisotopic (exact) mass is 478 g/mol. The van der Waals surface area contributed by atoms with Crippen LogP contribution in [0.2, 0.25) is 0 Å². The maximum Gasteiger partial charge on any atom is 0.0637 e. The van der Waals surface area contributed by atoms with Gasteiger partial charge in [-0.05, 0) is 58.0 Å². The summed E-state index contributed by atoms with van der Waals surface area (Å²) in [6, 6.07) is 41.8. The number of fused-ring (bicyclic) bond motifs is 1. The molecule has 0 aromatic heterocycles. The Hall–Kier alpha value is -4.17. The molecule has 2 nitrogen and oxygen atoms in total. The highest BCUT2D eigenvalue weighted by Gasteiger charge is 2.35. The van der Waals surface area contributed by atoms with Crippen molar-refractivity contribution in [2.45, 2.75) is 24.7 Å². The summed E-state index contributed by atoms with van der Waals surface area (Å²) in [7, 11) is 0. The Morgan fingerprint density at radius 1 is 0.622 bits per heavy atom. The maximum atomic E-state index is 5.11. The van der Waals surface area contributed by atoms with Gasteiger partial charge in [-0.25, -0.2) is 0 Å². The lowest BCUT2D eigenvalue weighted by Crippen LogP contribution is -2.37. The van der Waals surface area contributed by atoms with Crippen molar-refractivity contribution < 1.29 is 0 Å². The molecule has 2 aliphatic rings. The van der Waals surface area contributed by atoms with Crippen LogP contribution in [0, 0.1) is 0 Å². The highest BCUT2D eigenvalue weighted by atomic mass is 15.1. The van der Waals surface area contributed by atoms with Crippen LogP contribution < -0.4 is 4.90 Å². The van der Waals surface area contributed by atoms with Crippen LogP contribution in [0.3, 0.4) is 0 Å². The van der Waals surface area contributed by atoms with Crippen LogP contribution in [-0.2, 0) is 0 Å². The van der Waals surface area contributed by atoms with Crippen molar-refractivity contribution in [2.75, 3.05) is 18.0 Å². The van der Waals surface area contributed by atoms with Crippen LogP contribution in [0.15, 0.2) is 120 Å². The lowest BCUT2D eigenvalue weighted by Gasteiger charge is -2.43. The van der Waals surface area contributed by atoms with Gasteiger partial charge in [0.05, 0.1) is 5.69 Å². The topological polar surface area (TPSA) is 15.6 Å². The molecule has 0 N–H and O–H groups in total. The van der Waals surface area contributed by atoms with Crippen molar-refractivity contribution in [3.05, 3.63) is 143 Å². The van der Waals surface area contributed by atoms with E-state index in [2.05, 4.69) is 126 Å². The second kappa shape index (κ2) is 9.37. The Balaban J connectivity index is 1.39. The van der Waals surface area contributed by atoms with Gasteiger partial charge in [-0.2, -0.15) is 0 Å². The van der Waals surface area contributed by atoms with Crippen molar-refractivity contribution >= 4 is 28.4 Å². The normalized spacial score (nSPS) is 18.8. The molecule has 5 aromatic carbocycles. The molecule has 2 atom stereocenters. The first-order valence-electron chi connectivity index (χ1n) is 13.4. The Morgan fingerprint density at radius 2 is 1.19 bits per heavy atom. The number of rotatable bonds is 4. The van der Waals surface area contributed by atoms with Gasteiger partial charge in [0.25, 0.3) is 0 Å². The predicted octanol–water partition coefficient (Wildman–Crippen LogP) is 8.47. The Kier molecular flexibility index (Phi) is 5.59. The fraction of sp³-hybridized carbons (Fsp3) is 0.171. The maximum absolute atomic E-state index is 5.11. The molecular weight excluding hydrogens is 448 g/mol. The molecule has 0 saturated carbocycles. The summed E-state index contributed by atoms with van der Waals surface area (Å²) in [6.45, 7) is 2.22. The Labute approximate surface area is 218 Å². The number of benzene rings is 5. The van der Waals surface area contributed by atoms with Crippen molar-refractivity contribution in [2.24, 2.45) is 4.99 Å². The number of hydrogen-bond acceptors (Lipinski definition) is 2. The third kappa shape index (κ3) is 4.03. The first kappa shape index (κ1) is 22.1. The van der Waals surface area contributed by atoms with Gasteiger partial charge in [0.2, 0.25) is 0 Å². The molecule has 0 aliphatic carbocycles. The summed E-state index contributed by atoms with van der Waals surface area (Å²) in [5.41, 5.74) is 9.32. The van der Waals surface area contributed by atoms with E-state index in [1.165, 1.54) is 38.7 Å². The molecule has 0 amide bonds. The van der Waals surface area contributed by atoms with E-state index in [0.717, 1.165) is 37.2 Å². The van der Waals surface area contributed by atoms with Crippen molar-refractivity contribution in [1.82, 2.24) is 0 Å². The van der Waals surface area contributed by atoms with Gasteiger partial charge in [-0.3, -0.25) is 4.99 Å². The molecular formula is C35H30N2. The summed E-state index contributed by atoms with van der Waals surface area (Å²) in [6.07, 6.45) is 4.33. The van der Waals surface area contributed by atoms with Crippen LogP contribution >= 0.6 is 0 Å². The molecule has 0 spiro atoms. The lowest BCUT2D eigenvalue weighted by molar-refractivity contribution is 0.571. The van der Waals surface area contributed by atoms with Crippen LogP contribution in [-0.4, -0.2) is 19.3 Å². The largest absolute Gasteiger partial charge is 0.371 e. The summed E-state index contributed by atoms with van der Waals surface area (Å²) in [5.74, 6) is 0.793. The van der Waals surface area contributed by atoms with Gasteiger partial charge in [0, 0.05) is 42.4 Å². The van der Waals surface area contributed by atoms with Gasteiger partial charge in [0.1, 0.15) is 0 Å². The van der Waals surface area contributed by atoms with E-state index >= 15 is 0 Å². The predicted molar refractivity (Wildman–Crippen MR) is 156 cm³/mol. The minimum atomic E-state index is 0.397. The quantitative estimate of drug-likeness (QED) is 0.237. The molecule has 2 heteroatoms. The minimum Gasteiger partial charge on any atom is -0.371 e. The number of anilines is 1. The third-order valence-corrected chi connectivity index (χ3v) is 8.18. The number of hydrogen-bond donors (Lipinski definition) is 0. The molecule has 0 saturated heterocycles. The van der Waals surface area contributed by atoms with E-state index < -0.39 is 0 Å². The van der Waals surface area contributed by atoms with Gasteiger partial charge in [-0.15, -0.1) is 0 Å². The SMILES string of the molecule is C(=Nc1cc2c3c(c1)C(c1ccccc1)CCN3CCC2c1ccccc1)c1cccc2ccccc12. The van der Waals surface area contributed by atoms with E-state index in [9.17, 15) is 0 Å². The summed E-state index contributed by atoms with van der Waals surface area (Å²) in [5, 5.41) is 2.49. The Bertz CT molecular complexity index is 1510. The molecule has 37 heavy (non-hydrogen) atoms. The zero-order valence-electron chi connectivity index (χ0n) is 20.9. The van der Waals surface area contributed by atoms with Crippen molar-refractivity contribution in [1.29, 1.82) is 0 Å². The van der Waals surface area contributed by atoms with Gasteiger partial charge in [-0.1, -0.05) is 103 Å². The average molecular weight is 479 g/mol. The number of aliphatic imine (C=N–C) groups is 1. The van der Waals surface area contributed by atoms with Crippen LogP contribution in [0.25, 0.3) is 10.8 Å². The van der Waals surface area contributed by atoms with E-state index in [4.69, 9.17) is 4.99 Å². The van der Waals surface area contributed by atoms with E-state index in [-0.39, 0.29) is 0 Å². The van der Waals surface area contributed by atoms with Crippen molar-refractivity contribution in [3.63, 3.8) is 0 Å². The molecule has 0 fully saturated rings. The first-order valence-corrected chi connectivity index (χ1v) is 13.4. The van der Waals surface area contributed by atoms with Crippen LogP contribution in [0.1, 0.15) is 52.5 Å². The zero-order valence-corrected chi connectivity index (χ0v) is 20.9. The third-order valence-electron chi connectivity index (χ3n) is 8.18. The van der Waals surface area contributed by atoms with Gasteiger partial charge >= 0.3 is 0 Å². The molecule has 0 bridgehead atoms. The standard InChI is InChI=1S/C35H30N2/c1-3-10-26(11-4-1)31-18-20-37-21-19-32(27-12-5-2-6-13-27)34-23-29(22-33(31)35(34)37)36-24-28-16-9-15-25-14-7-8-17-30(25)28/h1-17,22-24,31-32H,18-21H2. The van der Waals surface area contributed by atoms with E-state index in [0.29, 0.717) is 11.8 Å². The molecule has 7 rings (SSSR count). The minimum absolute atomic E-state index is 0.397. The number of nitrogens with zero attached hydrogens (tertiary/aromatic N) is 2. The van der Waals surface area contributed by atoms with Crippen LogP contribution in [0.5, 0.6) is 0 Å². The Morgan fingerprint density at radius 3 is 1.84 bits per heavy atom. The summed E-state index contributed by atoms with van der Waals surface area (Å²) in [4.78, 5) is 7.73. The molecule has 2 heterocycles. The molecule has 0 radical (unpaired) electrons. The van der Waals surface area contributed by atoms with Crippen molar-refractivity contribution in [3.8, 4) is 0 Å². The highest BCUT2D eigenvalue weighted by molar-refractivity contribution is 6.00. The second-order valence-corrected chi connectivity index (χ2v) is 10.3.